The van der Waals surface area contributed by atoms with E-state index in [1.807, 2.05) is 25.1 Å². The van der Waals surface area contributed by atoms with E-state index in [0.29, 0.717) is 19.4 Å². The molecule has 0 saturated heterocycles. The Kier molecular flexibility index (Phi) is 7.81. The summed E-state index contributed by atoms with van der Waals surface area (Å²) in [5.74, 6) is 1.19. The SMILES string of the molecule is CCCC(=O)NCC(=O)NCCc1cc(OC)ccc1OC. The van der Waals surface area contributed by atoms with E-state index < -0.39 is 0 Å². The minimum Gasteiger partial charge on any atom is -0.497 e. The highest BCUT2D eigenvalue weighted by atomic mass is 16.5. The molecule has 0 spiro atoms. The van der Waals surface area contributed by atoms with Gasteiger partial charge in [0.1, 0.15) is 11.5 Å². The first-order valence-corrected chi connectivity index (χ1v) is 7.35. The molecule has 0 aliphatic carbocycles. The van der Waals surface area contributed by atoms with Crippen LogP contribution in [0.2, 0.25) is 0 Å². The van der Waals surface area contributed by atoms with Crippen molar-refractivity contribution in [1.82, 2.24) is 10.6 Å². The zero-order valence-corrected chi connectivity index (χ0v) is 13.4. The second-order valence-corrected chi connectivity index (χ2v) is 4.80. The Morgan fingerprint density at radius 2 is 1.86 bits per heavy atom. The molecule has 0 heterocycles. The number of ether oxygens (including phenoxy) is 2. The number of methoxy groups -OCH3 is 2. The van der Waals surface area contributed by atoms with Crippen molar-refractivity contribution in [1.29, 1.82) is 0 Å². The second-order valence-electron chi connectivity index (χ2n) is 4.80. The predicted octanol–water partition coefficient (Wildman–Crippen LogP) is 1.28. The van der Waals surface area contributed by atoms with Crippen LogP contribution in [0.4, 0.5) is 0 Å². The number of carbonyl (C=O) groups excluding carboxylic acids is 2. The summed E-state index contributed by atoms with van der Waals surface area (Å²) in [6.45, 7) is 2.39. The third-order valence-electron chi connectivity index (χ3n) is 3.13. The first kappa shape index (κ1) is 17.8. The van der Waals surface area contributed by atoms with Gasteiger partial charge in [-0.3, -0.25) is 9.59 Å². The Morgan fingerprint density at radius 3 is 2.50 bits per heavy atom. The minimum absolute atomic E-state index is 0.00801. The van der Waals surface area contributed by atoms with Crippen LogP contribution in [0.15, 0.2) is 18.2 Å². The van der Waals surface area contributed by atoms with Gasteiger partial charge in [-0.1, -0.05) is 6.92 Å². The average molecular weight is 308 g/mol. The summed E-state index contributed by atoms with van der Waals surface area (Å²) < 4.78 is 10.5. The molecule has 6 heteroatoms. The van der Waals surface area contributed by atoms with Crippen LogP contribution in [-0.2, 0) is 16.0 Å². The van der Waals surface area contributed by atoms with Crippen LogP contribution >= 0.6 is 0 Å². The van der Waals surface area contributed by atoms with Gasteiger partial charge >= 0.3 is 0 Å². The van der Waals surface area contributed by atoms with Crippen LogP contribution in [-0.4, -0.2) is 39.1 Å². The summed E-state index contributed by atoms with van der Waals surface area (Å²) in [5.41, 5.74) is 0.956. The Morgan fingerprint density at radius 1 is 1.09 bits per heavy atom. The smallest absolute Gasteiger partial charge is 0.239 e. The van der Waals surface area contributed by atoms with Crippen LogP contribution in [0.3, 0.4) is 0 Å². The highest BCUT2D eigenvalue weighted by molar-refractivity contribution is 5.84. The van der Waals surface area contributed by atoms with E-state index in [4.69, 9.17) is 9.47 Å². The van der Waals surface area contributed by atoms with Gasteiger partial charge in [0.25, 0.3) is 0 Å². The quantitative estimate of drug-likeness (QED) is 0.720. The average Bonchev–Trinajstić information content (AvgIpc) is 2.53. The van der Waals surface area contributed by atoms with Crippen molar-refractivity contribution in [3.63, 3.8) is 0 Å². The van der Waals surface area contributed by atoms with Crippen molar-refractivity contribution < 1.29 is 19.1 Å². The number of amides is 2. The first-order chi connectivity index (χ1) is 10.6. The lowest BCUT2D eigenvalue weighted by atomic mass is 10.1. The Balaban J connectivity index is 2.40. The normalized spacial score (nSPS) is 9.95. The molecule has 0 saturated carbocycles. The zero-order valence-electron chi connectivity index (χ0n) is 13.4. The monoisotopic (exact) mass is 308 g/mol. The van der Waals surface area contributed by atoms with E-state index in [0.717, 1.165) is 23.5 Å². The van der Waals surface area contributed by atoms with Gasteiger partial charge in [-0.25, -0.2) is 0 Å². The fraction of sp³-hybridized carbons (Fsp3) is 0.500. The lowest BCUT2D eigenvalue weighted by Crippen LogP contribution is -2.37. The van der Waals surface area contributed by atoms with Crippen molar-refractivity contribution in [2.24, 2.45) is 0 Å². The highest BCUT2D eigenvalue weighted by Gasteiger charge is 2.07. The van der Waals surface area contributed by atoms with Gasteiger partial charge < -0.3 is 20.1 Å². The summed E-state index contributed by atoms with van der Waals surface area (Å²) in [6.07, 6.45) is 1.83. The molecule has 0 aromatic heterocycles. The molecule has 2 N–H and O–H groups in total. The fourth-order valence-electron chi connectivity index (χ4n) is 1.97. The van der Waals surface area contributed by atoms with Gasteiger partial charge in [-0.2, -0.15) is 0 Å². The molecule has 0 fully saturated rings. The first-order valence-electron chi connectivity index (χ1n) is 7.35. The van der Waals surface area contributed by atoms with E-state index in [-0.39, 0.29) is 18.4 Å². The molecule has 1 aromatic carbocycles. The zero-order chi connectivity index (χ0) is 16.4. The van der Waals surface area contributed by atoms with Gasteiger partial charge in [-0.05, 0) is 36.6 Å². The van der Waals surface area contributed by atoms with Crippen LogP contribution in [0, 0.1) is 0 Å². The molecular weight excluding hydrogens is 284 g/mol. The maximum atomic E-state index is 11.6. The third kappa shape index (κ3) is 6.03. The van der Waals surface area contributed by atoms with Crippen molar-refractivity contribution in [2.75, 3.05) is 27.3 Å². The predicted molar refractivity (Wildman–Crippen MR) is 84.2 cm³/mol. The van der Waals surface area contributed by atoms with E-state index >= 15 is 0 Å². The van der Waals surface area contributed by atoms with Gasteiger partial charge in [0.05, 0.1) is 20.8 Å². The van der Waals surface area contributed by atoms with Crippen molar-refractivity contribution in [3.8, 4) is 11.5 Å². The standard InChI is InChI=1S/C16H24N2O4/c1-4-5-15(19)18-11-16(20)17-9-8-12-10-13(21-2)6-7-14(12)22-3/h6-7,10H,4-5,8-9,11H2,1-3H3,(H,17,20)(H,18,19). The molecule has 0 aliphatic heterocycles. The van der Waals surface area contributed by atoms with E-state index in [1.54, 1.807) is 14.2 Å². The molecule has 1 aromatic rings. The van der Waals surface area contributed by atoms with E-state index in [9.17, 15) is 9.59 Å². The number of carbonyl (C=O) groups is 2. The van der Waals surface area contributed by atoms with E-state index in [1.165, 1.54) is 0 Å². The molecule has 0 radical (unpaired) electrons. The fourth-order valence-corrected chi connectivity index (χ4v) is 1.97. The van der Waals surface area contributed by atoms with Crippen LogP contribution < -0.4 is 20.1 Å². The third-order valence-corrected chi connectivity index (χ3v) is 3.13. The molecule has 6 nitrogen and oxygen atoms in total. The Labute approximate surface area is 131 Å². The Bertz CT molecular complexity index is 503. The molecular formula is C16H24N2O4. The molecule has 0 bridgehead atoms. The van der Waals surface area contributed by atoms with Crippen molar-refractivity contribution in [2.45, 2.75) is 26.2 Å². The lowest BCUT2D eigenvalue weighted by molar-refractivity contribution is -0.126. The summed E-state index contributed by atoms with van der Waals surface area (Å²) in [7, 11) is 3.21. The second kappa shape index (κ2) is 9.65. The maximum Gasteiger partial charge on any atom is 0.239 e. The molecule has 0 aliphatic rings. The van der Waals surface area contributed by atoms with E-state index in [2.05, 4.69) is 10.6 Å². The van der Waals surface area contributed by atoms with Crippen LogP contribution in [0.1, 0.15) is 25.3 Å². The van der Waals surface area contributed by atoms with Crippen LogP contribution in [0.5, 0.6) is 11.5 Å². The summed E-state index contributed by atoms with van der Waals surface area (Å²) >= 11 is 0. The number of rotatable bonds is 9. The topological polar surface area (TPSA) is 76.7 Å². The molecule has 0 atom stereocenters. The molecule has 1 rings (SSSR count). The summed E-state index contributed by atoms with van der Waals surface area (Å²) in [6, 6.07) is 5.54. The molecule has 2 amide bonds. The number of hydrogen-bond donors (Lipinski definition) is 2. The van der Waals surface area contributed by atoms with Crippen molar-refractivity contribution >= 4 is 11.8 Å². The maximum absolute atomic E-state index is 11.6. The molecule has 122 valence electrons. The number of hydrogen-bond acceptors (Lipinski definition) is 4. The molecule has 0 unspecified atom stereocenters. The highest BCUT2D eigenvalue weighted by Crippen LogP contribution is 2.23. The van der Waals surface area contributed by atoms with Crippen molar-refractivity contribution in [3.05, 3.63) is 23.8 Å². The van der Waals surface area contributed by atoms with Gasteiger partial charge in [-0.15, -0.1) is 0 Å². The Hall–Kier alpha value is -2.24. The number of nitrogens with one attached hydrogen (secondary N) is 2. The summed E-state index contributed by atoms with van der Waals surface area (Å²) in [4.78, 5) is 22.9. The van der Waals surface area contributed by atoms with Crippen LogP contribution in [0.25, 0.3) is 0 Å². The minimum atomic E-state index is -0.202. The largest absolute Gasteiger partial charge is 0.497 e. The molecule has 22 heavy (non-hydrogen) atoms. The van der Waals surface area contributed by atoms with Gasteiger partial charge in [0, 0.05) is 13.0 Å². The summed E-state index contributed by atoms with van der Waals surface area (Å²) in [5, 5.41) is 5.34. The van der Waals surface area contributed by atoms with Gasteiger partial charge in [0.15, 0.2) is 0 Å². The lowest BCUT2D eigenvalue weighted by Gasteiger charge is -2.11. The number of benzene rings is 1. The van der Waals surface area contributed by atoms with Gasteiger partial charge in [0.2, 0.25) is 11.8 Å².